The van der Waals surface area contributed by atoms with Crippen molar-refractivity contribution in [2.45, 2.75) is 19.4 Å². The number of likely N-dealkylation sites (tertiary alicyclic amines) is 1. The number of anilines is 1. The van der Waals surface area contributed by atoms with E-state index in [2.05, 4.69) is 5.32 Å². The molecule has 1 atom stereocenters. The van der Waals surface area contributed by atoms with Gasteiger partial charge in [-0.25, -0.2) is 0 Å². The Kier molecular flexibility index (Phi) is 6.62. The van der Waals surface area contributed by atoms with Gasteiger partial charge in [-0.3, -0.25) is 9.59 Å². The fraction of sp³-hybridized carbons (Fsp3) is 0.231. The number of carbonyl (C=O) groups is 2. The minimum absolute atomic E-state index is 0.0305. The zero-order valence-corrected chi connectivity index (χ0v) is 17.4. The Labute approximate surface area is 182 Å². The van der Waals surface area contributed by atoms with E-state index in [1.807, 2.05) is 84.9 Å². The number of piperidine rings is 1. The highest BCUT2D eigenvalue weighted by Gasteiger charge is 2.29. The van der Waals surface area contributed by atoms with Gasteiger partial charge in [0.1, 0.15) is 12.4 Å². The largest absolute Gasteiger partial charge is 0.489 e. The van der Waals surface area contributed by atoms with Crippen LogP contribution in [0.3, 0.4) is 0 Å². The van der Waals surface area contributed by atoms with Crippen LogP contribution in [0.15, 0.2) is 84.9 Å². The molecule has 0 aromatic heterocycles. The summed E-state index contributed by atoms with van der Waals surface area (Å²) in [5.41, 5.74) is 2.41. The third-order valence-electron chi connectivity index (χ3n) is 5.47. The van der Waals surface area contributed by atoms with Gasteiger partial charge in [-0.2, -0.15) is 0 Å². The van der Waals surface area contributed by atoms with E-state index in [-0.39, 0.29) is 17.7 Å². The maximum Gasteiger partial charge on any atom is 0.253 e. The molecule has 4 rings (SSSR count). The molecule has 1 saturated heterocycles. The van der Waals surface area contributed by atoms with E-state index < -0.39 is 0 Å². The summed E-state index contributed by atoms with van der Waals surface area (Å²) in [6.07, 6.45) is 1.61. The molecule has 31 heavy (non-hydrogen) atoms. The highest BCUT2D eigenvalue weighted by Crippen LogP contribution is 2.21. The lowest BCUT2D eigenvalue weighted by Gasteiger charge is -2.32. The van der Waals surface area contributed by atoms with Gasteiger partial charge in [0.15, 0.2) is 0 Å². The highest BCUT2D eigenvalue weighted by atomic mass is 16.5. The fourth-order valence-electron chi connectivity index (χ4n) is 3.75. The first-order valence-electron chi connectivity index (χ1n) is 10.6. The number of ether oxygens (including phenoxy) is 1. The van der Waals surface area contributed by atoms with Crippen LogP contribution in [-0.2, 0) is 11.4 Å². The van der Waals surface area contributed by atoms with Crippen molar-refractivity contribution in [2.24, 2.45) is 5.92 Å². The lowest BCUT2D eigenvalue weighted by atomic mass is 9.96. The summed E-state index contributed by atoms with van der Waals surface area (Å²) in [5.74, 6) is 0.553. The molecule has 1 aliphatic heterocycles. The second kappa shape index (κ2) is 9.94. The standard InChI is InChI=1S/C26H26N2O3/c29-25(27-23-9-3-1-4-10-23)22-8-7-17-28(18-22)26(30)21-15-13-20(14-16-21)19-31-24-11-5-2-6-12-24/h1-6,9-16,22H,7-8,17-19H2,(H,27,29). The van der Waals surface area contributed by atoms with Gasteiger partial charge in [0.05, 0.1) is 5.92 Å². The zero-order valence-electron chi connectivity index (χ0n) is 17.4. The van der Waals surface area contributed by atoms with Crippen molar-refractivity contribution in [3.05, 3.63) is 96.1 Å². The van der Waals surface area contributed by atoms with Crippen LogP contribution in [0, 0.1) is 5.92 Å². The molecule has 1 aliphatic rings. The molecule has 0 radical (unpaired) electrons. The summed E-state index contributed by atoms with van der Waals surface area (Å²) in [4.78, 5) is 27.4. The van der Waals surface area contributed by atoms with E-state index in [9.17, 15) is 9.59 Å². The molecule has 0 aliphatic carbocycles. The van der Waals surface area contributed by atoms with Gasteiger partial charge in [0, 0.05) is 24.3 Å². The van der Waals surface area contributed by atoms with Crippen LogP contribution in [0.2, 0.25) is 0 Å². The predicted octanol–water partition coefficient (Wildman–Crippen LogP) is 4.76. The molecule has 2 amide bonds. The van der Waals surface area contributed by atoms with Crippen LogP contribution < -0.4 is 10.1 Å². The molecule has 1 heterocycles. The average Bonchev–Trinajstić information content (AvgIpc) is 2.84. The summed E-state index contributed by atoms with van der Waals surface area (Å²) in [7, 11) is 0. The molecule has 1 unspecified atom stereocenters. The minimum Gasteiger partial charge on any atom is -0.489 e. The van der Waals surface area contributed by atoms with E-state index in [0.717, 1.165) is 29.8 Å². The number of para-hydroxylation sites is 2. The summed E-state index contributed by atoms with van der Waals surface area (Å²) in [6.45, 7) is 1.56. The van der Waals surface area contributed by atoms with Gasteiger partial charge < -0.3 is 15.0 Å². The predicted molar refractivity (Wildman–Crippen MR) is 121 cm³/mol. The van der Waals surface area contributed by atoms with E-state index in [1.165, 1.54) is 0 Å². The zero-order chi connectivity index (χ0) is 21.5. The SMILES string of the molecule is O=C(Nc1ccccc1)C1CCCN(C(=O)c2ccc(COc3ccccc3)cc2)C1. The van der Waals surface area contributed by atoms with Crippen molar-refractivity contribution >= 4 is 17.5 Å². The average molecular weight is 415 g/mol. The van der Waals surface area contributed by atoms with E-state index >= 15 is 0 Å². The minimum atomic E-state index is -0.198. The van der Waals surface area contributed by atoms with E-state index in [1.54, 1.807) is 4.90 Å². The molecule has 158 valence electrons. The first kappa shape index (κ1) is 20.7. The molecule has 0 spiro atoms. The van der Waals surface area contributed by atoms with Gasteiger partial charge in [-0.05, 0) is 54.8 Å². The summed E-state index contributed by atoms with van der Waals surface area (Å²) < 4.78 is 5.76. The van der Waals surface area contributed by atoms with Crippen molar-refractivity contribution in [2.75, 3.05) is 18.4 Å². The number of amides is 2. The Bertz CT molecular complexity index is 1000. The first-order chi connectivity index (χ1) is 15.2. The monoisotopic (exact) mass is 414 g/mol. The number of benzene rings is 3. The van der Waals surface area contributed by atoms with Crippen molar-refractivity contribution in [1.29, 1.82) is 0 Å². The third-order valence-corrected chi connectivity index (χ3v) is 5.47. The first-order valence-corrected chi connectivity index (χ1v) is 10.6. The molecule has 1 N–H and O–H groups in total. The molecular weight excluding hydrogens is 388 g/mol. The van der Waals surface area contributed by atoms with Gasteiger partial charge >= 0.3 is 0 Å². The smallest absolute Gasteiger partial charge is 0.253 e. The molecule has 0 bridgehead atoms. The summed E-state index contributed by atoms with van der Waals surface area (Å²) in [5, 5.41) is 2.96. The van der Waals surface area contributed by atoms with Crippen molar-refractivity contribution in [1.82, 2.24) is 4.90 Å². The topological polar surface area (TPSA) is 58.6 Å². The number of hydrogen-bond donors (Lipinski definition) is 1. The Morgan fingerprint density at radius 3 is 2.29 bits per heavy atom. The van der Waals surface area contributed by atoms with Crippen LogP contribution in [0.5, 0.6) is 5.75 Å². The lowest BCUT2D eigenvalue weighted by molar-refractivity contribution is -0.121. The highest BCUT2D eigenvalue weighted by molar-refractivity contribution is 5.96. The maximum atomic E-state index is 13.0. The van der Waals surface area contributed by atoms with Gasteiger partial charge in [-0.1, -0.05) is 48.5 Å². The van der Waals surface area contributed by atoms with E-state index in [0.29, 0.717) is 25.3 Å². The van der Waals surface area contributed by atoms with Gasteiger partial charge in [0.2, 0.25) is 5.91 Å². The number of nitrogens with one attached hydrogen (secondary N) is 1. The third kappa shape index (κ3) is 5.51. The molecule has 0 saturated carbocycles. The molecule has 1 fully saturated rings. The maximum absolute atomic E-state index is 13.0. The molecule has 3 aromatic carbocycles. The van der Waals surface area contributed by atoms with Crippen molar-refractivity contribution in [3.63, 3.8) is 0 Å². The Hall–Kier alpha value is -3.60. The van der Waals surface area contributed by atoms with Gasteiger partial charge in [-0.15, -0.1) is 0 Å². The Balaban J connectivity index is 1.33. The second-order valence-corrected chi connectivity index (χ2v) is 7.74. The number of rotatable bonds is 6. The lowest BCUT2D eigenvalue weighted by Crippen LogP contribution is -2.43. The fourth-order valence-corrected chi connectivity index (χ4v) is 3.75. The Morgan fingerprint density at radius 1 is 0.903 bits per heavy atom. The van der Waals surface area contributed by atoms with Crippen LogP contribution in [0.1, 0.15) is 28.8 Å². The van der Waals surface area contributed by atoms with Crippen molar-refractivity contribution in [3.8, 4) is 5.75 Å². The molecule has 5 heteroatoms. The quantitative estimate of drug-likeness (QED) is 0.633. The van der Waals surface area contributed by atoms with Crippen LogP contribution >= 0.6 is 0 Å². The summed E-state index contributed by atoms with van der Waals surface area (Å²) >= 11 is 0. The Morgan fingerprint density at radius 2 is 1.58 bits per heavy atom. The summed E-state index contributed by atoms with van der Waals surface area (Å²) in [6, 6.07) is 26.6. The molecule has 5 nitrogen and oxygen atoms in total. The van der Waals surface area contributed by atoms with Crippen LogP contribution in [0.25, 0.3) is 0 Å². The van der Waals surface area contributed by atoms with E-state index in [4.69, 9.17) is 4.74 Å². The normalized spacial score (nSPS) is 15.9. The molecular formula is C26H26N2O3. The number of hydrogen-bond acceptors (Lipinski definition) is 3. The number of nitrogens with zero attached hydrogens (tertiary/aromatic N) is 1. The number of carbonyl (C=O) groups excluding carboxylic acids is 2. The van der Waals surface area contributed by atoms with Crippen LogP contribution in [-0.4, -0.2) is 29.8 Å². The van der Waals surface area contributed by atoms with Crippen molar-refractivity contribution < 1.29 is 14.3 Å². The second-order valence-electron chi connectivity index (χ2n) is 7.74. The van der Waals surface area contributed by atoms with Gasteiger partial charge in [0.25, 0.3) is 5.91 Å². The molecule has 3 aromatic rings. The van der Waals surface area contributed by atoms with Crippen LogP contribution in [0.4, 0.5) is 5.69 Å².